The van der Waals surface area contributed by atoms with Crippen molar-refractivity contribution in [2.75, 3.05) is 0 Å². The van der Waals surface area contributed by atoms with Crippen molar-refractivity contribution in [3.63, 3.8) is 0 Å². The quantitative estimate of drug-likeness (QED) is 0.0235. The summed E-state index contributed by atoms with van der Waals surface area (Å²) in [7, 11) is 0. The number of amides is 2. The van der Waals surface area contributed by atoms with E-state index in [1.165, 1.54) is 118 Å². The number of rotatable bonds is 13. The lowest BCUT2D eigenvalue weighted by atomic mass is 9.91. The molecule has 5 aromatic rings. The first-order valence-corrected chi connectivity index (χ1v) is 38.1. The summed E-state index contributed by atoms with van der Waals surface area (Å²) in [6.07, 6.45) is 20.2. The zero-order valence-corrected chi connectivity index (χ0v) is 65.3. The van der Waals surface area contributed by atoms with E-state index in [9.17, 15) is 14.4 Å². The van der Waals surface area contributed by atoms with E-state index in [1.54, 1.807) is 34.6 Å². The first kappa shape index (κ1) is 84.5. The average molecular weight is 1410 g/mol. The molecule has 0 aliphatic carbocycles. The zero-order valence-electron chi connectivity index (χ0n) is 65.3. The summed E-state index contributed by atoms with van der Waals surface area (Å²) in [4.78, 5) is 48.7. The molecule has 0 spiro atoms. The van der Waals surface area contributed by atoms with E-state index in [4.69, 9.17) is 26.6 Å². The topological polar surface area (TPSA) is 303 Å². The van der Waals surface area contributed by atoms with Crippen LogP contribution in [0.15, 0.2) is 91.0 Å². The van der Waals surface area contributed by atoms with Crippen LogP contribution in [0.5, 0.6) is 0 Å². The fourth-order valence-corrected chi connectivity index (χ4v) is 16.3. The van der Waals surface area contributed by atoms with Crippen molar-refractivity contribution in [3.05, 3.63) is 131 Å². The number of hydrazine groups is 1. The third-order valence-electron chi connectivity index (χ3n) is 21.5. The van der Waals surface area contributed by atoms with Crippen molar-refractivity contribution in [1.29, 1.82) is 0 Å². The van der Waals surface area contributed by atoms with Gasteiger partial charge in [-0.3, -0.25) is 39.3 Å². The second-order valence-corrected chi connectivity index (χ2v) is 34.2. The maximum atomic E-state index is 11.9. The molecule has 0 radical (unpaired) electrons. The van der Waals surface area contributed by atoms with Gasteiger partial charge in [0.2, 0.25) is 11.8 Å². The van der Waals surface area contributed by atoms with E-state index in [0.29, 0.717) is 72.3 Å². The van der Waals surface area contributed by atoms with Gasteiger partial charge in [-0.15, -0.1) is 20.4 Å². The molecule has 2 amide bonds. The Morgan fingerprint density at radius 2 is 0.824 bits per heavy atom. The number of carboxylic acids is 1. The first-order chi connectivity index (χ1) is 47.7. The van der Waals surface area contributed by atoms with E-state index in [1.807, 2.05) is 13.8 Å². The van der Waals surface area contributed by atoms with E-state index in [-0.39, 0.29) is 52.5 Å². The summed E-state index contributed by atoms with van der Waals surface area (Å²) in [5.41, 5.74) is 12.2. The number of nitrogens with one attached hydrogen (secondary N) is 3. The number of nitrogens with two attached hydrogens (primary N) is 2. The molecule has 8 aliphatic heterocycles. The molecule has 8 atom stereocenters. The Balaban J connectivity index is 0.000000200. The van der Waals surface area contributed by atoms with Gasteiger partial charge in [0, 0.05) is 126 Å². The highest BCUT2D eigenvalue weighted by atomic mass is 16.4. The molecule has 13 rings (SSSR count). The molecular weight excluding hydrogens is 1280 g/mol. The molecule has 8 bridgehead atoms. The summed E-state index contributed by atoms with van der Waals surface area (Å²) in [6, 6.07) is 40.0. The molecule has 10 heterocycles. The fourth-order valence-electron chi connectivity index (χ4n) is 16.3. The third kappa shape index (κ3) is 23.8. The number of piperidine rings is 4. The minimum atomic E-state index is -0.741. The number of hydrogen-bond donors (Lipinski definition) is 8. The van der Waals surface area contributed by atoms with E-state index >= 15 is 0 Å². The SMILES string of the molecule is CC(C)(C)C(=O)NN.CC(C)C(=O)NC1CC2CCC(C1)N2Cc1ccccc1.CC(C)C(=O)O.CC(C)c1nnc(C(C)(C)C)n1C1CC2CCC(C1)N2.CC(C)c1nnc(C(C)(C)C)n1C1CC2CCC(C1)N2Cc1ccccc1.N.NC1CC2CCC(C1)N2Cc1ccccc1.O=CO. The maximum absolute atomic E-state index is 11.9. The van der Waals surface area contributed by atoms with Gasteiger partial charge in [-0.05, 0) is 119 Å². The summed E-state index contributed by atoms with van der Waals surface area (Å²) in [5.74, 6) is 9.54. The van der Waals surface area contributed by atoms with Crippen LogP contribution in [0, 0.1) is 17.3 Å². The van der Waals surface area contributed by atoms with Gasteiger partial charge in [0.1, 0.15) is 23.3 Å². The number of carbonyl (C=O) groups is 4. The monoisotopic (exact) mass is 1410 g/mol. The van der Waals surface area contributed by atoms with Crippen LogP contribution in [-0.4, -0.2) is 139 Å². The average Bonchev–Trinajstić information content (AvgIpc) is 1.62. The van der Waals surface area contributed by atoms with Crippen LogP contribution in [-0.2, 0) is 49.6 Å². The molecule has 568 valence electrons. The van der Waals surface area contributed by atoms with Crippen molar-refractivity contribution in [2.45, 2.75) is 335 Å². The molecular formula is C81H133N15O6. The number of aromatic nitrogens is 6. The third-order valence-corrected chi connectivity index (χ3v) is 21.5. The minimum absolute atomic E-state index is 0. The number of carboxylic acid groups (broad SMARTS) is 2. The molecule has 8 fully saturated rings. The Morgan fingerprint density at radius 1 is 0.510 bits per heavy atom. The molecule has 3 aromatic carbocycles. The van der Waals surface area contributed by atoms with Gasteiger partial charge in [-0.1, -0.05) is 209 Å². The van der Waals surface area contributed by atoms with Crippen LogP contribution in [0.1, 0.15) is 284 Å². The molecule has 8 aliphatic rings. The summed E-state index contributed by atoms with van der Waals surface area (Å²) >= 11 is 0. The lowest BCUT2D eigenvalue weighted by Crippen LogP contribution is -2.50. The number of nitrogens with zero attached hydrogens (tertiary/aromatic N) is 9. The van der Waals surface area contributed by atoms with Crippen molar-refractivity contribution in [3.8, 4) is 0 Å². The Kier molecular flexibility index (Phi) is 31.9. The van der Waals surface area contributed by atoms with E-state index in [2.05, 4.69) is 221 Å². The Hall–Kier alpha value is -6.46. The summed E-state index contributed by atoms with van der Waals surface area (Å²) in [5, 5.41) is 40.2. The number of aliphatic carboxylic acids is 1. The normalized spacial score (nSPS) is 25.6. The van der Waals surface area contributed by atoms with Gasteiger partial charge >= 0.3 is 5.97 Å². The molecule has 12 N–H and O–H groups in total. The lowest BCUT2D eigenvalue weighted by molar-refractivity contribution is -0.140. The number of hydrogen-bond acceptors (Lipinski definition) is 15. The Bertz CT molecular complexity index is 3270. The second-order valence-electron chi connectivity index (χ2n) is 34.2. The summed E-state index contributed by atoms with van der Waals surface area (Å²) in [6.45, 7) is 38.1. The highest BCUT2D eigenvalue weighted by Gasteiger charge is 2.45. The smallest absolute Gasteiger partial charge is 0.305 e. The predicted octanol–water partition coefficient (Wildman–Crippen LogP) is 13.9. The van der Waals surface area contributed by atoms with E-state index < -0.39 is 5.97 Å². The van der Waals surface area contributed by atoms with Crippen LogP contribution in [0.2, 0.25) is 0 Å². The van der Waals surface area contributed by atoms with Crippen LogP contribution in [0.4, 0.5) is 0 Å². The largest absolute Gasteiger partial charge is 0.483 e. The van der Waals surface area contributed by atoms with Gasteiger partial charge in [0.15, 0.2) is 0 Å². The standard InChI is InChI=1S/C23H34N4.C18H26N2O.C16H28N4.C14H20N2.C5H12N2O.C4H8O2.CH2O2.H3N/c1-16(2)21-24-25-22(23(3,4)5)27(21)20-13-18-11-12-19(14-20)26(18)15-17-9-7-6-8-10-17;1-13(2)18(21)19-15-10-16-8-9-17(11-15)20(16)12-14-6-4-3-5-7-14;1-10(2)14-18-19-15(16(3,4)5)20(14)13-8-11-6-7-12(9-13)17-11;15-12-8-13-6-7-14(9-12)16(13)10-11-4-2-1-3-5-11;1-5(2,3)4(8)7-6;1-3(2)4(5)6;2-1-3;/h6-10,16,18-20H,11-15H2,1-5H3;3-7,13,15-17H,8-12H2,1-2H3,(H,19,21);10-13,17H,6-9H2,1-5H3;1-5,12-14H,6-10,15H2;6H2,1-3H3,(H,7,8);3H,1-2H3,(H,5,6);1H,(H,2,3);1H3. The van der Waals surface area contributed by atoms with Crippen molar-refractivity contribution in [2.24, 2.45) is 28.8 Å². The van der Waals surface area contributed by atoms with Crippen molar-refractivity contribution in [1.82, 2.24) is 66.4 Å². The van der Waals surface area contributed by atoms with Crippen LogP contribution in [0.25, 0.3) is 0 Å². The van der Waals surface area contributed by atoms with Crippen LogP contribution in [0.3, 0.4) is 0 Å². The molecule has 102 heavy (non-hydrogen) atoms. The van der Waals surface area contributed by atoms with Gasteiger partial charge in [0.25, 0.3) is 6.47 Å². The van der Waals surface area contributed by atoms with E-state index in [0.717, 1.165) is 56.2 Å². The van der Waals surface area contributed by atoms with Crippen LogP contribution >= 0.6 is 0 Å². The van der Waals surface area contributed by atoms with Gasteiger partial charge < -0.3 is 41.9 Å². The Labute approximate surface area is 612 Å². The lowest BCUT2D eigenvalue weighted by Gasteiger charge is -2.41. The Morgan fingerprint density at radius 3 is 1.10 bits per heavy atom. The molecule has 8 unspecified atom stereocenters. The zero-order chi connectivity index (χ0) is 74.1. The minimum Gasteiger partial charge on any atom is -0.483 e. The van der Waals surface area contributed by atoms with Gasteiger partial charge in [0.05, 0.1) is 5.92 Å². The molecule has 21 heteroatoms. The highest BCUT2D eigenvalue weighted by Crippen LogP contribution is 2.45. The number of benzene rings is 3. The van der Waals surface area contributed by atoms with Gasteiger partial charge in [-0.25, -0.2) is 5.84 Å². The molecule has 8 saturated heterocycles. The van der Waals surface area contributed by atoms with Crippen molar-refractivity contribution < 1.29 is 29.4 Å². The molecule has 2 aromatic heterocycles. The fraction of sp³-hybridized carbons (Fsp3) is 0.679. The number of carbonyl (C=O) groups excluding carboxylic acids is 2. The highest BCUT2D eigenvalue weighted by molar-refractivity contribution is 5.80. The number of fused-ring (bicyclic) bond motifs is 8. The molecule has 0 saturated carbocycles. The first-order valence-electron chi connectivity index (χ1n) is 38.1. The van der Waals surface area contributed by atoms with Crippen LogP contribution < -0.4 is 33.8 Å². The maximum Gasteiger partial charge on any atom is 0.305 e. The molecule has 21 nitrogen and oxygen atoms in total. The second kappa shape index (κ2) is 38.5. The van der Waals surface area contributed by atoms with Crippen molar-refractivity contribution >= 4 is 24.3 Å². The summed E-state index contributed by atoms with van der Waals surface area (Å²) < 4.78 is 5.01. The van der Waals surface area contributed by atoms with Gasteiger partial charge in [-0.2, -0.15) is 0 Å². The predicted molar refractivity (Wildman–Crippen MR) is 410 cm³/mol.